The van der Waals surface area contributed by atoms with Gasteiger partial charge in [0.15, 0.2) is 0 Å². The topological polar surface area (TPSA) is 21.3 Å². The van der Waals surface area contributed by atoms with E-state index in [1.165, 1.54) is 51.5 Å². The van der Waals surface area contributed by atoms with E-state index in [0.717, 1.165) is 18.4 Å². The lowest BCUT2D eigenvalue weighted by Gasteiger charge is -2.49. The highest BCUT2D eigenvalue weighted by Gasteiger charge is 2.44. The molecule has 2 nitrogen and oxygen atoms in total. The Morgan fingerprint density at radius 3 is 2.67 bits per heavy atom. The highest BCUT2D eigenvalue weighted by molar-refractivity contribution is 4.97. The van der Waals surface area contributed by atoms with Crippen molar-refractivity contribution in [1.82, 2.24) is 5.32 Å². The molecule has 2 fully saturated rings. The minimum Gasteiger partial charge on any atom is -0.375 e. The first-order valence-electron chi connectivity index (χ1n) is 8.08. The zero-order chi connectivity index (χ0) is 13.0. The molecule has 1 aliphatic heterocycles. The van der Waals surface area contributed by atoms with E-state index in [1.807, 2.05) is 0 Å². The third-order valence-electron chi connectivity index (χ3n) is 5.19. The lowest BCUT2D eigenvalue weighted by Crippen LogP contribution is -2.52. The van der Waals surface area contributed by atoms with Crippen molar-refractivity contribution in [1.29, 1.82) is 0 Å². The van der Waals surface area contributed by atoms with Gasteiger partial charge in [0.2, 0.25) is 0 Å². The van der Waals surface area contributed by atoms with Gasteiger partial charge in [0.25, 0.3) is 0 Å². The standard InChI is InChI=1S/C16H31NO/c1-4-10-17-15(13(3)5-2)14-7-11-18-16(12-14)8-6-9-16/h13-15,17H,4-12H2,1-3H3. The molecule has 1 heterocycles. The van der Waals surface area contributed by atoms with Gasteiger partial charge in [-0.1, -0.05) is 27.2 Å². The molecule has 3 atom stereocenters. The van der Waals surface area contributed by atoms with Crippen molar-refractivity contribution in [2.45, 2.75) is 77.4 Å². The zero-order valence-electron chi connectivity index (χ0n) is 12.5. The van der Waals surface area contributed by atoms with Gasteiger partial charge in [-0.3, -0.25) is 0 Å². The summed E-state index contributed by atoms with van der Waals surface area (Å²) in [5.41, 5.74) is 0.294. The second kappa shape index (κ2) is 6.38. The fraction of sp³-hybridized carbons (Fsp3) is 1.00. The summed E-state index contributed by atoms with van der Waals surface area (Å²) in [4.78, 5) is 0. The number of hydrogen-bond donors (Lipinski definition) is 1. The predicted molar refractivity (Wildman–Crippen MR) is 76.8 cm³/mol. The van der Waals surface area contributed by atoms with Crippen LogP contribution in [0, 0.1) is 11.8 Å². The molecule has 2 rings (SSSR count). The Labute approximate surface area is 113 Å². The Balaban J connectivity index is 1.95. The molecule has 0 aromatic heterocycles. The minimum atomic E-state index is 0.294. The van der Waals surface area contributed by atoms with Crippen LogP contribution in [-0.4, -0.2) is 24.8 Å². The monoisotopic (exact) mass is 253 g/mol. The SMILES string of the molecule is CCCNC(C(C)CC)C1CCOC2(CCC2)C1. The van der Waals surface area contributed by atoms with Crippen molar-refractivity contribution < 1.29 is 4.74 Å². The van der Waals surface area contributed by atoms with E-state index in [9.17, 15) is 0 Å². The number of hydrogen-bond acceptors (Lipinski definition) is 2. The molecular weight excluding hydrogens is 222 g/mol. The number of nitrogens with one attached hydrogen (secondary N) is 1. The maximum Gasteiger partial charge on any atom is 0.0685 e. The van der Waals surface area contributed by atoms with E-state index in [-0.39, 0.29) is 0 Å². The van der Waals surface area contributed by atoms with Gasteiger partial charge in [0.05, 0.1) is 5.60 Å². The van der Waals surface area contributed by atoms with E-state index in [2.05, 4.69) is 26.1 Å². The van der Waals surface area contributed by atoms with Crippen LogP contribution in [0.3, 0.4) is 0 Å². The van der Waals surface area contributed by atoms with Crippen LogP contribution in [0.1, 0.15) is 65.7 Å². The van der Waals surface area contributed by atoms with E-state index in [1.54, 1.807) is 0 Å². The summed E-state index contributed by atoms with van der Waals surface area (Å²) in [5.74, 6) is 1.62. The van der Waals surface area contributed by atoms with Crippen LogP contribution in [-0.2, 0) is 4.74 Å². The second-order valence-electron chi connectivity index (χ2n) is 6.50. The van der Waals surface area contributed by atoms with Crippen molar-refractivity contribution in [3.63, 3.8) is 0 Å². The van der Waals surface area contributed by atoms with Crippen molar-refractivity contribution in [2.24, 2.45) is 11.8 Å². The van der Waals surface area contributed by atoms with Crippen molar-refractivity contribution >= 4 is 0 Å². The molecule has 1 saturated carbocycles. The summed E-state index contributed by atoms with van der Waals surface area (Å²) < 4.78 is 6.07. The van der Waals surface area contributed by atoms with Gasteiger partial charge in [-0.05, 0) is 56.9 Å². The van der Waals surface area contributed by atoms with Gasteiger partial charge < -0.3 is 10.1 Å². The second-order valence-corrected chi connectivity index (χ2v) is 6.50. The average Bonchev–Trinajstić information content (AvgIpc) is 2.37. The molecule has 18 heavy (non-hydrogen) atoms. The summed E-state index contributed by atoms with van der Waals surface area (Å²) in [7, 11) is 0. The van der Waals surface area contributed by atoms with Crippen LogP contribution in [0.2, 0.25) is 0 Å². The quantitative estimate of drug-likeness (QED) is 0.778. The molecule has 2 heteroatoms. The van der Waals surface area contributed by atoms with Gasteiger partial charge in [-0.25, -0.2) is 0 Å². The highest BCUT2D eigenvalue weighted by Crippen LogP contribution is 2.45. The van der Waals surface area contributed by atoms with Gasteiger partial charge in [-0.15, -0.1) is 0 Å². The molecule has 0 aromatic rings. The van der Waals surface area contributed by atoms with Gasteiger partial charge in [-0.2, -0.15) is 0 Å². The van der Waals surface area contributed by atoms with Gasteiger partial charge >= 0.3 is 0 Å². The van der Waals surface area contributed by atoms with E-state index in [0.29, 0.717) is 11.6 Å². The smallest absolute Gasteiger partial charge is 0.0685 e. The maximum atomic E-state index is 6.07. The summed E-state index contributed by atoms with van der Waals surface area (Å²) in [5, 5.41) is 3.82. The fourth-order valence-electron chi connectivity index (χ4n) is 3.69. The third-order valence-corrected chi connectivity index (χ3v) is 5.19. The molecule has 0 amide bonds. The first kappa shape index (κ1) is 14.3. The van der Waals surface area contributed by atoms with Crippen LogP contribution < -0.4 is 5.32 Å². The normalized spacial score (nSPS) is 29.8. The van der Waals surface area contributed by atoms with Gasteiger partial charge in [0, 0.05) is 12.6 Å². The number of ether oxygens (including phenoxy) is 1. The Morgan fingerprint density at radius 1 is 1.33 bits per heavy atom. The lowest BCUT2D eigenvalue weighted by molar-refractivity contribution is -0.149. The molecule has 3 unspecified atom stereocenters. The molecule has 2 aliphatic rings. The van der Waals surface area contributed by atoms with Crippen LogP contribution >= 0.6 is 0 Å². The molecule has 0 aromatic carbocycles. The van der Waals surface area contributed by atoms with Crippen molar-refractivity contribution in [3.05, 3.63) is 0 Å². The first-order valence-corrected chi connectivity index (χ1v) is 8.08. The Bertz CT molecular complexity index is 249. The largest absolute Gasteiger partial charge is 0.375 e. The Hall–Kier alpha value is -0.0800. The molecule has 1 spiro atoms. The van der Waals surface area contributed by atoms with E-state index < -0.39 is 0 Å². The Morgan fingerprint density at radius 2 is 2.11 bits per heavy atom. The summed E-state index contributed by atoms with van der Waals surface area (Å²) in [6.07, 6.45) is 9.08. The fourth-order valence-corrected chi connectivity index (χ4v) is 3.69. The van der Waals surface area contributed by atoms with Crippen LogP contribution in [0.4, 0.5) is 0 Å². The highest BCUT2D eigenvalue weighted by atomic mass is 16.5. The summed E-state index contributed by atoms with van der Waals surface area (Å²) >= 11 is 0. The third kappa shape index (κ3) is 3.08. The molecule has 0 bridgehead atoms. The van der Waals surface area contributed by atoms with Crippen LogP contribution in [0.5, 0.6) is 0 Å². The summed E-state index contributed by atoms with van der Waals surface area (Å²) in [6.45, 7) is 9.16. The van der Waals surface area contributed by atoms with E-state index >= 15 is 0 Å². The van der Waals surface area contributed by atoms with Crippen LogP contribution in [0.25, 0.3) is 0 Å². The molecule has 0 radical (unpaired) electrons. The average molecular weight is 253 g/mol. The maximum absolute atomic E-state index is 6.07. The molecule has 1 aliphatic carbocycles. The van der Waals surface area contributed by atoms with Crippen molar-refractivity contribution in [2.75, 3.05) is 13.2 Å². The first-order chi connectivity index (χ1) is 8.71. The Kier molecular flexibility index (Phi) is 5.08. The van der Waals surface area contributed by atoms with Crippen molar-refractivity contribution in [3.8, 4) is 0 Å². The molecular formula is C16H31NO. The molecule has 1 N–H and O–H groups in total. The summed E-state index contributed by atoms with van der Waals surface area (Å²) in [6, 6.07) is 0.705. The number of rotatable bonds is 6. The van der Waals surface area contributed by atoms with Gasteiger partial charge in [0.1, 0.15) is 0 Å². The van der Waals surface area contributed by atoms with E-state index in [4.69, 9.17) is 4.74 Å². The molecule has 106 valence electrons. The predicted octanol–water partition coefficient (Wildman–Crippen LogP) is 3.75. The molecule has 1 saturated heterocycles. The lowest BCUT2D eigenvalue weighted by atomic mass is 9.69. The van der Waals surface area contributed by atoms with Crippen LogP contribution in [0.15, 0.2) is 0 Å². The minimum absolute atomic E-state index is 0.294. The zero-order valence-corrected chi connectivity index (χ0v) is 12.5.